The highest BCUT2D eigenvalue weighted by Crippen LogP contribution is 2.18. The van der Waals surface area contributed by atoms with Crippen LogP contribution in [0.4, 0.5) is 0 Å². The second-order valence-electron chi connectivity index (χ2n) is 3.91. The first kappa shape index (κ1) is 11.9. The van der Waals surface area contributed by atoms with Crippen LogP contribution in [0.15, 0.2) is 36.0 Å². The van der Waals surface area contributed by atoms with E-state index in [-0.39, 0.29) is 18.0 Å². The van der Waals surface area contributed by atoms with Crippen LogP contribution in [0.3, 0.4) is 0 Å². The number of aromatic nitrogens is 2. The highest BCUT2D eigenvalue weighted by molar-refractivity contribution is 7.10. The molecule has 0 saturated carbocycles. The van der Waals surface area contributed by atoms with Gasteiger partial charge in [-0.15, -0.1) is 11.3 Å². The molecule has 90 valence electrons. The standard InChI is InChI=1S/C12H15N3OS/c1-9(11-5-3-8-17-11)14-12(16)10(2)15-7-4-6-13-15/h3-10H,1-2H3,(H,14,16)/t9-,10+/m1/s1. The normalized spacial score (nSPS) is 14.2. The van der Waals surface area contributed by atoms with E-state index >= 15 is 0 Å². The second kappa shape index (κ2) is 5.14. The molecule has 0 aliphatic rings. The Kier molecular flexibility index (Phi) is 3.58. The van der Waals surface area contributed by atoms with E-state index in [1.54, 1.807) is 28.4 Å². The molecule has 0 unspecified atom stereocenters. The molecular formula is C12H15N3OS. The van der Waals surface area contributed by atoms with Crippen LogP contribution in [-0.2, 0) is 4.79 Å². The Morgan fingerprint density at radius 1 is 1.47 bits per heavy atom. The van der Waals surface area contributed by atoms with Gasteiger partial charge in [-0.2, -0.15) is 5.10 Å². The van der Waals surface area contributed by atoms with Crippen LogP contribution in [0, 0.1) is 0 Å². The zero-order valence-corrected chi connectivity index (χ0v) is 10.6. The molecule has 1 N–H and O–H groups in total. The van der Waals surface area contributed by atoms with Crippen LogP contribution in [0.25, 0.3) is 0 Å². The molecule has 2 aromatic rings. The number of carbonyl (C=O) groups is 1. The van der Waals surface area contributed by atoms with E-state index in [4.69, 9.17) is 0 Å². The molecule has 2 atom stereocenters. The number of hydrogen-bond donors (Lipinski definition) is 1. The number of rotatable bonds is 4. The number of hydrogen-bond acceptors (Lipinski definition) is 3. The number of amides is 1. The lowest BCUT2D eigenvalue weighted by Gasteiger charge is -2.16. The van der Waals surface area contributed by atoms with Gasteiger partial charge in [0.2, 0.25) is 5.91 Å². The SMILES string of the molecule is C[C@@H](NC(=O)[C@H](C)n1cccn1)c1cccs1. The largest absolute Gasteiger partial charge is 0.347 e. The van der Waals surface area contributed by atoms with Gasteiger partial charge in [-0.3, -0.25) is 9.48 Å². The molecule has 0 radical (unpaired) electrons. The third kappa shape index (κ3) is 2.74. The number of nitrogens with one attached hydrogen (secondary N) is 1. The summed E-state index contributed by atoms with van der Waals surface area (Å²) < 4.78 is 1.65. The predicted molar refractivity (Wildman–Crippen MR) is 67.8 cm³/mol. The van der Waals surface area contributed by atoms with Gasteiger partial charge in [0.1, 0.15) is 6.04 Å². The quantitative estimate of drug-likeness (QED) is 0.904. The summed E-state index contributed by atoms with van der Waals surface area (Å²) in [4.78, 5) is 13.1. The zero-order valence-electron chi connectivity index (χ0n) is 9.83. The maximum Gasteiger partial charge on any atom is 0.245 e. The summed E-state index contributed by atoms with van der Waals surface area (Å²) in [5, 5.41) is 9.06. The third-order valence-corrected chi connectivity index (χ3v) is 3.68. The van der Waals surface area contributed by atoms with Gasteiger partial charge < -0.3 is 5.32 Å². The average molecular weight is 249 g/mol. The van der Waals surface area contributed by atoms with E-state index in [0.29, 0.717) is 0 Å². The van der Waals surface area contributed by atoms with Crippen molar-refractivity contribution < 1.29 is 4.79 Å². The molecule has 2 rings (SSSR count). The zero-order chi connectivity index (χ0) is 12.3. The molecule has 0 aliphatic heterocycles. The number of thiophene rings is 1. The van der Waals surface area contributed by atoms with Gasteiger partial charge in [-0.05, 0) is 31.4 Å². The fourth-order valence-corrected chi connectivity index (χ4v) is 2.31. The van der Waals surface area contributed by atoms with E-state index in [2.05, 4.69) is 10.4 Å². The van der Waals surface area contributed by atoms with Crippen LogP contribution in [0.5, 0.6) is 0 Å². The van der Waals surface area contributed by atoms with Crippen LogP contribution in [-0.4, -0.2) is 15.7 Å². The first-order valence-electron chi connectivity index (χ1n) is 5.51. The lowest BCUT2D eigenvalue weighted by Crippen LogP contribution is -2.32. The Morgan fingerprint density at radius 2 is 2.29 bits per heavy atom. The summed E-state index contributed by atoms with van der Waals surface area (Å²) >= 11 is 1.65. The lowest BCUT2D eigenvalue weighted by atomic mass is 10.2. The monoisotopic (exact) mass is 249 g/mol. The first-order chi connectivity index (χ1) is 8.18. The van der Waals surface area contributed by atoms with Gasteiger partial charge in [0.15, 0.2) is 0 Å². The van der Waals surface area contributed by atoms with Gasteiger partial charge in [0.05, 0.1) is 6.04 Å². The smallest absolute Gasteiger partial charge is 0.245 e. The highest BCUT2D eigenvalue weighted by Gasteiger charge is 2.17. The van der Waals surface area contributed by atoms with E-state index in [1.165, 1.54) is 0 Å². The molecule has 2 heterocycles. The van der Waals surface area contributed by atoms with Gasteiger partial charge >= 0.3 is 0 Å². The Hall–Kier alpha value is -1.62. The van der Waals surface area contributed by atoms with Crippen LogP contribution in [0.2, 0.25) is 0 Å². The molecule has 0 aliphatic carbocycles. The van der Waals surface area contributed by atoms with Crippen molar-refractivity contribution in [1.29, 1.82) is 0 Å². The van der Waals surface area contributed by atoms with E-state index in [9.17, 15) is 4.79 Å². The van der Waals surface area contributed by atoms with Gasteiger partial charge in [-0.1, -0.05) is 6.07 Å². The van der Waals surface area contributed by atoms with Gasteiger partial charge in [0.25, 0.3) is 0 Å². The molecule has 0 saturated heterocycles. The Morgan fingerprint density at radius 3 is 2.88 bits per heavy atom. The van der Waals surface area contributed by atoms with Crippen molar-refractivity contribution >= 4 is 17.2 Å². The first-order valence-corrected chi connectivity index (χ1v) is 6.39. The molecule has 4 nitrogen and oxygen atoms in total. The van der Waals surface area contributed by atoms with Crippen molar-refractivity contribution in [1.82, 2.24) is 15.1 Å². The van der Waals surface area contributed by atoms with Crippen LogP contribution < -0.4 is 5.32 Å². The maximum absolute atomic E-state index is 12.0. The summed E-state index contributed by atoms with van der Waals surface area (Å²) in [6.07, 6.45) is 3.46. The molecule has 2 aromatic heterocycles. The molecular weight excluding hydrogens is 234 g/mol. The molecule has 5 heteroatoms. The van der Waals surface area contributed by atoms with Crippen molar-refractivity contribution in [2.24, 2.45) is 0 Å². The van der Waals surface area contributed by atoms with Crippen molar-refractivity contribution in [3.8, 4) is 0 Å². The van der Waals surface area contributed by atoms with Crippen LogP contribution >= 0.6 is 11.3 Å². The van der Waals surface area contributed by atoms with Crippen molar-refractivity contribution in [2.45, 2.75) is 25.9 Å². The number of nitrogens with zero attached hydrogens (tertiary/aromatic N) is 2. The van der Waals surface area contributed by atoms with Crippen LogP contribution in [0.1, 0.15) is 30.8 Å². The minimum atomic E-state index is -0.285. The summed E-state index contributed by atoms with van der Waals surface area (Å²) in [6.45, 7) is 3.82. The molecule has 17 heavy (non-hydrogen) atoms. The summed E-state index contributed by atoms with van der Waals surface area (Å²) in [6, 6.07) is 5.58. The Balaban J connectivity index is 1.98. The van der Waals surface area contributed by atoms with Gasteiger partial charge in [0, 0.05) is 17.3 Å². The molecule has 0 spiro atoms. The summed E-state index contributed by atoms with van der Waals surface area (Å²) in [5.74, 6) is -0.0189. The van der Waals surface area contributed by atoms with Crippen molar-refractivity contribution in [3.05, 3.63) is 40.8 Å². The Labute approximate surface area is 104 Å². The molecule has 0 aromatic carbocycles. The van der Waals surface area contributed by atoms with Gasteiger partial charge in [-0.25, -0.2) is 0 Å². The summed E-state index contributed by atoms with van der Waals surface area (Å²) in [5.41, 5.74) is 0. The third-order valence-electron chi connectivity index (χ3n) is 2.63. The highest BCUT2D eigenvalue weighted by atomic mass is 32.1. The van der Waals surface area contributed by atoms with E-state index < -0.39 is 0 Å². The topological polar surface area (TPSA) is 46.9 Å². The predicted octanol–water partition coefficient (Wildman–Crippen LogP) is 2.38. The maximum atomic E-state index is 12.0. The molecule has 0 bridgehead atoms. The minimum absolute atomic E-state index is 0.0189. The lowest BCUT2D eigenvalue weighted by molar-refractivity contribution is -0.124. The second-order valence-corrected chi connectivity index (χ2v) is 4.89. The molecule has 1 amide bonds. The summed E-state index contributed by atoms with van der Waals surface area (Å²) in [7, 11) is 0. The van der Waals surface area contributed by atoms with E-state index in [0.717, 1.165) is 4.88 Å². The average Bonchev–Trinajstić information content (AvgIpc) is 3.00. The van der Waals surface area contributed by atoms with E-state index in [1.807, 2.05) is 37.4 Å². The number of carbonyl (C=O) groups excluding carboxylic acids is 1. The van der Waals surface area contributed by atoms with Crippen molar-refractivity contribution in [3.63, 3.8) is 0 Å². The molecule has 0 fully saturated rings. The Bertz CT molecular complexity index is 464. The van der Waals surface area contributed by atoms with Crippen molar-refractivity contribution in [2.75, 3.05) is 0 Å². The minimum Gasteiger partial charge on any atom is -0.347 e. The fourth-order valence-electron chi connectivity index (χ4n) is 1.57. The fraction of sp³-hybridized carbons (Fsp3) is 0.333.